The zero-order chi connectivity index (χ0) is 28.8. The summed E-state index contributed by atoms with van der Waals surface area (Å²) in [4.78, 5) is 30.5. The van der Waals surface area contributed by atoms with Gasteiger partial charge >= 0.3 is 0 Å². The molecule has 0 N–H and O–H groups in total. The Morgan fingerprint density at radius 3 is 2.52 bits per heavy atom. The summed E-state index contributed by atoms with van der Waals surface area (Å²) in [6, 6.07) is 11.7. The lowest BCUT2D eigenvalue weighted by Gasteiger charge is -2.35. The maximum absolute atomic E-state index is 13.2. The fourth-order valence-corrected chi connectivity index (χ4v) is 4.99. The number of benzene rings is 1. The van der Waals surface area contributed by atoms with E-state index in [0.29, 0.717) is 45.0 Å². The Balaban J connectivity index is 0.00000405. The zero-order valence-electron chi connectivity index (χ0n) is 24.7. The molecule has 4 aromatic rings. The van der Waals surface area contributed by atoms with E-state index in [9.17, 15) is 4.79 Å². The molecule has 1 aliphatic heterocycles. The highest BCUT2D eigenvalue weighted by Crippen LogP contribution is 2.25. The maximum Gasteiger partial charge on any atom is 0.274 e. The summed E-state index contributed by atoms with van der Waals surface area (Å²) < 4.78 is 7.52. The SMILES string of the molecule is CCOc1cccc(Cn2ncc3c(N4CCN(C(=O)c5ccc(N(C)CCCN(C)C)nn5)CC4)ncnc32)c1.Cl. The van der Waals surface area contributed by atoms with Crippen molar-refractivity contribution in [2.75, 3.05) is 76.8 Å². The second kappa shape index (κ2) is 14.2. The molecule has 1 amide bonds. The highest BCUT2D eigenvalue weighted by atomic mass is 35.5. The first-order valence-electron chi connectivity index (χ1n) is 14.0. The van der Waals surface area contributed by atoms with Gasteiger partial charge in [0.05, 0.1) is 24.7 Å². The quantitative estimate of drug-likeness (QED) is 0.257. The summed E-state index contributed by atoms with van der Waals surface area (Å²) in [7, 11) is 6.12. The number of amides is 1. The molecule has 0 spiro atoms. The van der Waals surface area contributed by atoms with Crippen molar-refractivity contribution in [3.8, 4) is 5.75 Å². The Bertz CT molecular complexity index is 1450. The molecule has 0 aliphatic carbocycles. The first-order chi connectivity index (χ1) is 19.9. The normalized spacial score (nSPS) is 13.4. The van der Waals surface area contributed by atoms with Crippen molar-refractivity contribution < 1.29 is 9.53 Å². The minimum absolute atomic E-state index is 0. The van der Waals surface area contributed by atoms with Gasteiger partial charge in [0.15, 0.2) is 17.2 Å². The van der Waals surface area contributed by atoms with E-state index >= 15 is 0 Å². The molecular weight excluding hydrogens is 556 g/mol. The van der Waals surface area contributed by atoms with Gasteiger partial charge in [-0.05, 0) is 63.8 Å². The minimum atomic E-state index is -0.103. The number of piperazine rings is 1. The van der Waals surface area contributed by atoms with Gasteiger partial charge in [-0.1, -0.05) is 12.1 Å². The Morgan fingerprint density at radius 1 is 1.00 bits per heavy atom. The number of aromatic nitrogens is 6. The number of halogens is 1. The van der Waals surface area contributed by atoms with Gasteiger partial charge in [-0.15, -0.1) is 22.6 Å². The van der Waals surface area contributed by atoms with Crippen LogP contribution >= 0.6 is 12.4 Å². The number of ether oxygens (including phenoxy) is 1. The van der Waals surface area contributed by atoms with Gasteiger partial charge in [0.1, 0.15) is 17.9 Å². The number of hydrogen-bond donors (Lipinski definition) is 0. The zero-order valence-corrected chi connectivity index (χ0v) is 25.5. The van der Waals surface area contributed by atoms with Gasteiger partial charge in [0.2, 0.25) is 0 Å². The van der Waals surface area contributed by atoms with E-state index in [4.69, 9.17) is 4.74 Å². The largest absolute Gasteiger partial charge is 0.494 e. The molecule has 1 saturated heterocycles. The van der Waals surface area contributed by atoms with Crippen molar-refractivity contribution >= 4 is 41.0 Å². The van der Waals surface area contributed by atoms with Crippen LogP contribution in [-0.4, -0.2) is 113 Å². The van der Waals surface area contributed by atoms with E-state index in [1.807, 2.05) is 54.0 Å². The van der Waals surface area contributed by atoms with Crippen LogP contribution in [0.5, 0.6) is 5.75 Å². The molecule has 0 bridgehead atoms. The van der Waals surface area contributed by atoms with Crippen LogP contribution < -0.4 is 14.5 Å². The first-order valence-corrected chi connectivity index (χ1v) is 14.0. The molecule has 12 nitrogen and oxygen atoms in total. The van der Waals surface area contributed by atoms with E-state index < -0.39 is 0 Å². The Hall–Kier alpha value is -4.03. The van der Waals surface area contributed by atoms with Gasteiger partial charge in [0.25, 0.3) is 5.91 Å². The number of hydrogen-bond acceptors (Lipinski definition) is 10. The molecule has 42 heavy (non-hydrogen) atoms. The maximum atomic E-state index is 13.2. The van der Waals surface area contributed by atoms with Crippen LogP contribution in [0.2, 0.25) is 0 Å². The number of carbonyl (C=O) groups excluding carboxylic acids is 1. The first kappa shape index (κ1) is 30.9. The molecule has 13 heteroatoms. The van der Waals surface area contributed by atoms with E-state index in [-0.39, 0.29) is 18.3 Å². The van der Waals surface area contributed by atoms with Gasteiger partial charge in [-0.25, -0.2) is 14.6 Å². The van der Waals surface area contributed by atoms with Crippen LogP contribution in [0.3, 0.4) is 0 Å². The number of fused-ring (bicyclic) bond motifs is 1. The molecular formula is C29H39ClN10O2. The van der Waals surface area contributed by atoms with Gasteiger partial charge in [-0.3, -0.25) is 4.79 Å². The topological polar surface area (TPSA) is 109 Å². The second-order valence-electron chi connectivity index (χ2n) is 10.5. The molecule has 224 valence electrons. The number of rotatable bonds is 11. The van der Waals surface area contributed by atoms with Gasteiger partial charge in [-0.2, -0.15) is 5.10 Å². The molecule has 0 radical (unpaired) electrons. The van der Waals surface area contributed by atoms with Crippen molar-refractivity contribution in [2.45, 2.75) is 19.9 Å². The van der Waals surface area contributed by atoms with E-state index in [1.54, 1.807) is 12.4 Å². The van der Waals surface area contributed by atoms with Crippen molar-refractivity contribution in [3.05, 3.63) is 60.2 Å². The fourth-order valence-electron chi connectivity index (χ4n) is 4.99. The molecule has 0 saturated carbocycles. The second-order valence-corrected chi connectivity index (χ2v) is 10.5. The van der Waals surface area contributed by atoms with Gasteiger partial charge < -0.3 is 24.3 Å². The van der Waals surface area contributed by atoms with E-state index in [2.05, 4.69) is 60.1 Å². The van der Waals surface area contributed by atoms with Crippen molar-refractivity contribution in [1.82, 2.24) is 39.7 Å². The average Bonchev–Trinajstić information content (AvgIpc) is 3.40. The Morgan fingerprint density at radius 2 is 1.81 bits per heavy atom. The number of carbonyl (C=O) groups is 1. The molecule has 1 aromatic carbocycles. The van der Waals surface area contributed by atoms with Crippen LogP contribution in [0.25, 0.3) is 11.0 Å². The predicted molar refractivity (Wildman–Crippen MR) is 166 cm³/mol. The van der Waals surface area contributed by atoms with Crippen LogP contribution in [0.4, 0.5) is 11.6 Å². The smallest absolute Gasteiger partial charge is 0.274 e. The van der Waals surface area contributed by atoms with Crippen molar-refractivity contribution in [3.63, 3.8) is 0 Å². The van der Waals surface area contributed by atoms with Crippen LogP contribution in [-0.2, 0) is 6.54 Å². The number of nitrogens with zero attached hydrogens (tertiary/aromatic N) is 10. The lowest BCUT2D eigenvalue weighted by Crippen LogP contribution is -2.49. The predicted octanol–water partition coefficient (Wildman–Crippen LogP) is 2.84. The fraction of sp³-hybridized carbons (Fsp3) is 0.448. The molecule has 1 aliphatic rings. The third kappa shape index (κ3) is 7.24. The summed E-state index contributed by atoms with van der Waals surface area (Å²) >= 11 is 0. The third-order valence-corrected chi connectivity index (χ3v) is 7.18. The molecule has 3 aromatic heterocycles. The minimum Gasteiger partial charge on any atom is -0.494 e. The van der Waals surface area contributed by atoms with Crippen LogP contribution in [0, 0.1) is 0 Å². The molecule has 0 unspecified atom stereocenters. The summed E-state index contributed by atoms with van der Waals surface area (Å²) in [5.74, 6) is 2.33. The summed E-state index contributed by atoms with van der Waals surface area (Å²) in [6.07, 6.45) is 4.43. The molecule has 1 fully saturated rings. The highest BCUT2D eigenvalue weighted by Gasteiger charge is 2.26. The average molecular weight is 595 g/mol. The standard InChI is InChI=1S/C29H38N10O2.ClH/c1-5-41-23-9-6-8-22(18-23)20-39-28-24(19-32-39)27(30-21-31-28)37-14-16-38(17-15-37)29(40)25-10-11-26(34-33-25)36(4)13-7-12-35(2)3;/h6,8-11,18-19,21H,5,7,12-17,20H2,1-4H3;1H. The third-order valence-electron chi connectivity index (χ3n) is 7.18. The van der Waals surface area contributed by atoms with Crippen LogP contribution in [0.1, 0.15) is 29.4 Å². The summed E-state index contributed by atoms with van der Waals surface area (Å²) in [6.45, 7) is 7.49. The van der Waals surface area contributed by atoms with Gasteiger partial charge in [0, 0.05) is 39.8 Å². The lowest BCUT2D eigenvalue weighted by molar-refractivity contribution is 0.0739. The Labute approximate surface area is 252 Å². The monoisotopic (exact) mass is 594 g/mol. The molecule has 5 rings (SSSR count). The van der Waals surface area contributed by atoms with Crippen LogP contribution in [0.15, 0.2) is 48.9 Å². The van der Waals surface area contributed by atoms with E-state index in [0.717, 1.165) is 53.5 Å². The lowest BCUT2D eigenvalue weighted by atomic mass is 10.2. The Kier molecular flexibility index (Phi) is 10.5. The highest BCUT2D eigenvalue weighted by molar-refractivity contribution is 5.92. The molecule has 0 atom stereocenters. The van der Waals surface area contributed by atoms with Crippen molar-refractivity contribution in [1.29, 1.82) is 0 Å². The molecule has 4 heterocycles. The summed E-state index contributed by atoms with van der Waals surface area (Å²) in [5.41, 5.74) is 2.22. The van der Waals surface area contributed by atoms with Crippen molar-refractivity contribution in [2.24, 2.45) is 0 Å². The summed E-state index contributed by atoms with van der Waals surface area (Å²) in [5, 5.41) is 14.1. The van der Waals surface area contributed by atoms with E-state index in [1.165, 1.54) is 0 Å². The number of anilines is 2.